The molecule has 0 saturated carbocycles. The summed E-state index contributed by atoms with van der Waals surface area (Å²) in [6.45, 7) is 0. The molecule has 4 rings (SSSR count). The van der Waals surface area contributed by atoms with Gasteiger partial charge in [-0.2, -0.15) is 5.10 Å². The zero-order valence-corrected chi connectivity index (χ0v) is 19.3. The fourth-order valence-electron chi connectivity index (χ4n) is 2.89. The van der Waals surface area contributed by atoms with Crippen LogP contribution in [0.25, 0.3) is 17.1 Å². The lowest BCUT2D eigenvalue weighted by Gasteiger charge is -2.10. The number of nitrogens with zero attached hydrogens (tertiary/aromatic N) is 4. The van der Waals surface area contributed by atoms with Gasteiger partial charge in [0, 0.05) is 26.9 Å². The normalized spacial score (nSPS) is 11.1. The standard InChI is InChI=1S/C23H16Cl2FN5OS/c24-17-7-5-15(6-8-17)22-29-30-23(31(22)19-11-9-18(25)10-12-19)33-14-21(32)28-27-13-16-3-1-2-4-20(16)26/h1-13H,14H2,(H,28,32)/b27-13+. The average Bonchev–Trinajstić information content (AvgIpc) is 3.24. The van der Waals surface area contributed by atoms with Crippen molar-refractivity contribution in [3.8, 4) is 17.1 Å². The topological polar surface area (TPSA) is 72.2 Å². The molecule has 3 aromatic carbocycles. The summed E-state index contributed by atoms with van der Waals surface area (Å²) < 4.78 is 15.5. The second kappa shape index (κ2) is 10.6. The minimum absolute atomic E-state index is 0.0287. The molecule has 0 aliphatic rings. The van der Waals surface area contributed by atoms with Crippen LogP contribution in [0.2, 0.25) is 10.0 Å². The van der Waals surface area contributed by atoms with Crippen molar-refractivity contribution in [1.29, 1.82) is 0 Å². The van der Waals surface area contributed by atoms with Crippen molar-refractivity contribution in [3.63, 3.8) is 0 Å². The molecule has 4 aromatic rings. The monoisotopic (exact) mass is 499 g/mol. The molecule has 1 aromatic heterocycles. The van der Waals surface area contributed by atoms with Gasteiger partial charge in [0.1, 0.15) is 5.82 Å². The van der Waals surface area contributed by atoms with Crippen LogP contribution in [0.15, 0.2) is 83.1 Å². The van der Waals surface area contributed by atoms with Crippen LogP contribution in [-0.2, 0) is 4.79 Å². The molecule has 0 aliphatic heterocycles. The Bertz CT molecular complexity index is 1290. The quantitative estimate of drug-likeness (QED) is 0.203. The second-order valence-corrected chi connectivity index (χ2v) is 8.54. The molecular weight excluding hydrogens is 484 g/mol. The second-order valence-electron chi connectivity index (χ2n) is 6.73. The van der Waals surface area contributed by atoms with Gasteiger partial charge in [0.2, 0.25) is 0 Å². The van der Waals surface area contributed by atoms with E-state index in [-0.39, 0.29) is 17.2 Å². The number of benzene rings is 3. The lowest BCUT2D eigenvalue weighted by Crippen LogP contribution is -2.20. The summed E-state index contributed by atoms with van der Waals surface area (Å²) in [7, 11) is 0. The van der Waals surface area contributed by atoms with E-state index in [4.69, 9.17) is 23.2 Å². The maximum Gasteiger partial charge on any atom is 0.250 e. The van der Waals surface area contributed by atoms with E-state index in [9.17, 15) is 9.18 Å². The summed E-state index contributed by atoms with van der Waals surface area (Å²) >= 11 is 13.2. The number of nitrogens with one attached hydrogen (secondary N) is 1. The Balaban J connectivity index is 1.52. The zero-order valence-electron chi connectivity index (χ0n) is 17.0. The first-order chi connectivity index (χ1) is 16.0. The highest BCUT2D eigenvalue weighted by atomic mass is 35.5. The van der Waals surface area contributed by atoms with Gasteiger partial charge in [0.15, 0.2) is 11.0 Å². The molecule has 0 atom stereocenters. The lowest BCUT2D eigenvalue weighted by atomic mass is 10.2. The smallest absolute Gasteiger partial charge is 0.250 e. The van der Waals surface area contributed by atoms with Crippen molar-refractivity contribution < 1.29 is 9.18 Å². The Morgan fingerprint density at radius 1 is 1.00 bits per heavy atom. The van der Waals surface area contributed by atoms with Crippen molar-refractivity contribution in [2.45, 2.75) is 5.16 Å². The molecule has 0 radical (unpaired) electrons. The largest absolute Gasteiger partial charge is 0.272 e. The molecule has 0 bridgehead atoms. The molecule has 0 unspecified atom stereocenters. The van der Waals surface area contributed by atoms with Crippen LogP contribution in [0.1, 0.15) is 5.56 Å². The first-order valence-corrected chi connectivity index (χ1v) is 11.4. The van der Waals surface area contributed by atoms with E-state index in [1.165, 1.54) is 24.0 Å². The Morgan fingerprint density at radius 2 is 1.67 bits per heavy atom. The van der Waals surface area contributed by atoms with Crippen LogP contribution in [0.4, 0.5) is 4.39 Å². The van der Waals surface area contributed by atoms with Crippen molar-refractivity contribution in [2.75, 3.05) is 5.75 Å². The van der Waals surface area contributed by atoms with Crippen LogP contribution >= 0.6 is 35.0 Å². The molecule has 0 aliphatic carbocycles. The molecule has 0 saturated heterocycles. The summed E-state index contributed by atoms with van der Waals surface area (Å²) in [6.07, 6.45) is 1.26. The molecule has 0 fully saturated rings. The van der Waals surface area contributed by atoms with Gasteiger partial charge < -0.3 is 0 Å². The van der Waals surface area contributed by atoms with E-state index in [0.717, 1.165) is 11.3 Å². The molecule has 1 amide bonds. The third kappa shape index (κ3) is 5.78. The number of hydrogen-bond acceptors (Lipinski definition) is 5. The molecule has 1 heterocycles. The Kier molecular flexibility index (Phi) is 7.39. The van der Waals surface area contributed by atoms with Gasteiger partial charge >= 0.3 is 0 Å². The maximum atomic E-state index is 13.6. The van der Waals surface area contributed by atoms with Crippen molar-refractivity contribution in [2.24, 2.45) is 5.10 Å². The van der Waals surface area contributed by atoms with Crippen molar-refractivity contribution in [3.05, 3.63) is 94.2 Å². The molecule has 1 N–H and O–H groups in total. The van der Waals surface area contributed by atoms with E-state index >= 15 is 0 Å². The van der Waals surface area contributed by atoms with Gasteiger partial charge in [0.25, 0.3) is 5.91 Å². The van der Waals surface area contributed by atoms with Gasteiger partial charge in [-0.3, -0.25) is 9.36 Å². The number of rotatable bonds is 7. The first kappa shape index (κ1) is 23.0. The minimum atomic E-state index is -0.421. The van der Waals surface area contributed by atoms with E-state index in [1.54, 1.807) is 42.5 Å². The number of hydrazone groups is 1. The van der Waals surface area contributed by atoms with Gasteiger partial charge in [-0.05, 0) is 54.6 Å². The number of carbonyl (C=O) groups excluding carboxylic acids is 1. The molecule has 33 heavy (non-hydrogen) atoms. The predicted octanol–water partition coefficient (Wildman–Crippen LogP) is 5.62. The average molecular weight is 500 g/mol. The number of amides is 1. The summed E-state index contributed by atoms with van der Waals surface area (Å²) in [5.41, 5.74) is 4.27. The number of hydrogen-bond donors (Lipinski definition) is 1. The highest BCUT2D eigenvalue weighted by Crippen LogP contribution is 2.29. The number of carbonyl (C=O) groups is 1. The van der Waals surface area contributed by atoms with Gasteiger partial charge in [-0.25, -0.2) is 9.82 Å². The van der Waals surface area contributed by atoms with E-state index in [1.807, 2.05) is 28.8 Å². The number of aromatic nitrogens is 3. The van der Waals surface area contributed by atoms with Gasteiger partial charge in [-0.1, -0.05) is 53.2 Å². The maximum absolute atomic E-state index is 13.6. The van der Waals surface area contributed by atoms with Crippen LogP contribution in [0, 0.1) is 5.82 Å². The highest BCUT2D eigenvalue weighted by Gasteiger charge is 2.17. The SMILES string of the molecule is O=C(CSc1nnc(-c2ccc(Cl)cc2)n1-c1ccc(Cl)cc1)N/N=C/c1ccccc1F. The van der Waals surface area contributed by atoms with Crippen molar-refractivity contribution >= 4 is 47.1 Å². The highest BCUT2D eigenvalue weighted by molar-refractivity contribution is 7.99. The summed E-state index contributed by atoms with van der Waals surface area (Å²) in [6, 6.07) is 20.6. The molecular formula is C23H16Cl2FN5OS. The Labute approximate surface area is 203 Å². The zero-order chi connectivity index (χ0) is 23.2. The van der Waals surface area contributed by atoms with E-state index in [2.05, 4.69) is 20.7 Å². The Hall–Kier alpha value is -3.20. The fourth-order valence-corrected chi connectivity index (χ4v) is 3.88. The summed E-state index contributed by atoms with van der Waals surface area (Å²) in [4.78, 5) is 12.3. The number of thioether (sulfide) groups is 1. The molecule has 10 heteroatoms. The lowest BCUT2D eigenvalue weighted by molar-refractivity contribution is -0.118. The van der Waals surface area contributed by atoms with Crippen LogP contribution in [-0.4, -0.2) is 32.6 Å². The van der Waals surface area contributed by atoms with Crippen LogP contribution in [0.3, 0.4) is 0 Å². The van der Waals surface area contributed by atoms with Crippen molar-refractivity contribution in [1.82, 2.24) is 20.2 Å². The first-order valence-electron chi connectivity index (χ1n) is 9.68. The molecule has 166 valence electrons. The number of halogens is 3. The predicted molar refractivity (Wildman–Crippen MR) is 130 cm³/mol. The Morgan fingerprint density at radius 3 is 2.36 bits per heavy atom. The summed E-state index contributed by atoms with van der Waals surface area (Å²) in [5.74, 6) is -0.169. The summed E-state index contributed by atoms with van der Waals surface area (Å²) in [5, 5.41) is 14.1. The fraction of sp³-hybridized carbons (Fsp3) is 0.0435. The third-order valence-electron chi connectivity index (χ3n) is 4.45. The van der Waals surface area contributed by atoms with Gasteiger partial charge in [0.05, 0.1) is 12.0 Å². The minimum Gasteiger partial charge on any atom is -0.272 e. The van der Waals surface area contributed by atoms with E-state index in [0.29, 0.717) is 21.0 Å². The molecule has 0 spiro atoms. The third-order valence-corrected chi connectivity index (χ3v) is 5.88. The van der Waals surface area contributed by atoms with E-state index < -0.39 is 5.82 Å². The molecule has 6 nitrogen and oxygen atoms in total. The van der Waals surface area contributed by atoms with Crippen LogP contribution in [0.5, 0.6) is 0 Å². The van der Waals surface area contributed by atoms with Gasteiger partial charge in [-0.15, -0.1) is 10.2 Å². The van der Waals surface area contributed by atoms with Crippen LogP contribution < -0.4 is 5.43 Å².